The molecule has 2 aliphatic rings. The number of amides is 2. The molecule has 2 fully saturated rings. The largest absolute Gasteiger partial charge is 0.493 e. The van der Waals surface area contributed by atoms with E-state index in [1.54, 1.807) is 67.8 Å². The number of benzene rings is 2. The summed E-state index contributed by atoms with van der Waals surface area (Å²) in [5, 5.41) is 12.1. The maximum Gasteiger partial charge on any atom is 0.341 e. The van der Waals surface area contributed by atoms with Gasteiger partial charge in [-0.3, -0.25) is 14.6 Å². The molecule has 2 aromatic carbocycles. The highest BCUT2D eigenvalue weighted by Crippen LogP contribution is 2.33. The summed E-state index contributed by atoms with van der Waals surface area (Å²) in [6.07, 6.45) is 8.23. The smallest absolute Gasteiger partial charge is 0.341 e. The Balaban J connectivity index is 1.38. The minimum atomic E-state index is -1.11. The van der Waals surface area contributed by atoms with Crippen LogP contribution in [0.5, 0.6) is 17.2 Å². The first-order valence-corrected chi connectivity index (χ1v) is 17.7. The molecule has 1 aliphatic heterocycles. The minimum absolute atomic E-state index is 0.0553. The molecule has 2 unspecified atom stereocenters. The van der Waals surface area contributed by atoms with E-state index in [0.717, 1.165) is 50.5 Å². The quantitative estimate of drug-likeness (QED) is 0.193. The van der Waals surface area contributed by atoms with Gasteiger partial charge >= 0.3 is 11.9 Å². The van der Waals surface area contributed by atoms with Gasteiger partial charge in [-0.25, -0.2) is 9.59 Å². The van der Waals surface area contributed by atoms with Crippen LogP contribution in [-0.2, 0) is 25.5 Å². The zero-order chi connectivity index (χ0) is 36.2. The van der Waals surface area contributed by atoms with Gasteiger partial charge in [-0.2, -0.15) is 0 Å². The number of nitrogens with zero attached hydrogens (tertiary/aromatic N) is 2. The van der Waals surface area contributed by atoms with Crippen LogP contribution in [0.4, 0.5) is 0 Å². The monoisotopic (exact) mass is 701 g/mol. The van der Waals surface area contributed by atoms with Crippen LogP contribution in [-0.4, -0.2) is 78.2 Å². The van der Waals surface area contributed by atoms with E-state index in [2.05, 4.69) is 10.3 Å². The van der Waals surface area contributed by atoms with Crippen LogP contribution < -0.4 is 19.5 Å². The number of rotatable bonds is 15. The third kappa shape index (κ3) is 9.99. The zero-order valence-electron chi connectivity index (χ0n) is 29.3. The Bertz CT molecular complexity index is 1640. The van der Waals surface area contributed by atoms with Gasteiger partial charge in [0.2, 0.25) is 5.91 Å². The Hall–Kier alpha value is -5.13. The molecular weight excluding hydrogens is 654 g/mol. The van der Waals surface area contributed by atoms with Gasteiger partial charge < -0.3 is 34.3 Å². The summed E-state index contributed by atoms with van der Waals surface area (Å²) in [4.78, 5) is 58.8. The van der Waals surface area contributed by atoms with Crippen LogP contribution in [0.25, 0.3) is 0 Å². The van der Waals surface area contributed by atoms with Crippen LogP contribution in [0.3, 0.4) is 0 Å². The average Bonchev–Trinajstić information content (AvgIpc) is 3.17. The van der Waals surface area contributed by atoms with E-state index in [-0.39, 0.29) is 17.5 Å². The molecule has 1 saturated carbocycles. The van der Waals surface area contributed by atoms with Gasteiger partial charge in [0.05, 0.1) is 14.2 Å². The molecule has 2 N–H and O–H groups in total. The first-order chi connectivity index (χ1) is 24.8. The SMILES string of the molecule is COc1ccc(CCC(OC(=O)[C@@H]2CCCCN2C(=O)C(NC(=O)c2ccccn2)C2CCCCC2)c2cccc(OCC(=O)O)c2)cc1OC. The molecule has 12 heteroatoms. The number of esters is 1. The highest BCUT2D eigenvalue weighted by atomic mass is 16.5. The third-order valence-electron chi connectivity index (χ3n) is 9.62. The number of carbonyl (C=O) groups excluding carboxylic acids is 3. The molecule has 12 nitrogen and oxygen atoms in total. The lowest BCUT2D eigenvalue weighted by molar-refractivity contribution is -0.163. The van der Waals surface area contributed by atoms with Gasteiger partial charge in [0.1, 0.15) is 29.6 Å². The molecule has 1 saturated heterocycles. The number of methoxy groups -OCH3 is 2. The fraction of sp³-hybridized carbons (Fsp3) is 0.462. The number of hydrogen-bond acceptors (Lipinski definition) is 9. The summed E-state index contributed by atoms with van der Waals surface area (Å²) in [6, 6.07) is 15.9. The lowest BCUT2D eigenvalue weighted by Crippen LogP contribution is -2.58. The summed E-state index contributed by atoms with van der Waals surface area (Å²) >= 11 is 0. The number of carboxylic acid groups (broad SMARTS) is 1. The summed E-state index contributed by atoms with van der Waals surface area (Å²) in [5.74, 6) is -0.897. The van der Waals surface area contributed by atoms with Gasteiger partial charge in [-0.15, -0.1) is 0 Å². The van der Waals surface area contributed by atoms with E-state index in [9.17, 15) is 19.2 Å². The van der Waals surface area contributed by atoms with Crippen molar-refractivity contribution in [3.05, 3.63) is 83.7 Å². The predicted molar refractivity (Wildman–Crippen MR) is 188 cm³/mol. The number of piperidine rings is 1. The fourth-order valence-corrected chi connectivity index (χ4v) is 6.98. The second kappa shape index (κ2) is 18.2. The second-order valence-electron chi connectivity index (χ2n) is 13.0. The molecule has 2 heterocycles. The molecule has 272 valence electrons. The number of nitrogens with one attached hydrogen (secondary N) is 1. The number of aliphatic carboxylic acids is 1. The molecule has 3 aromatic rings. The van der Waals surface area contributed by atoms with Crippen molar-refractivity contribution in [2.75, 3.05) is 27.4 Å². The number of carboxylic acids is 1. The van der Waals surface area contributed by atoms with Crippen LogP contribution in [0.1, 0.15) is 85.5 Å². The molecule has 0 radical (unpaired) electrons. The summed E-state index contributed by atoms with van der Waals surface area (Å²) in [7, 11) is 3.13. The number of aromatic nitrogens is 1. The maximum absolute atomic E-state index is 14.4. The van der Waals surface area contributed by atoms with Crippen molar-refractivity contribution in [3.8, 4) is 17.2 Å². The Morgan fingerprint density at radius 3 is 2.41 bits per heavy atom. The van der Waals surface area contributed by atoms with Crippen LogP contribution >= 0.6 is 0 Å². The van der Waals surface area contributed by atoms with Crippen molar-refractivity contribution in [2.45, 2.75) is 82.4 Å². The molecule has 1 aromatic heterocycles. The standard InChI is InChI=1S/C39H47N3O9/c1-48-33-20-18-26(23-34(33)49-2)17-19-32(28-13-10-14-29(24-28)50-25-35(43)44)51-39(47)31-16-7-9-22-42(31)38(46)36(27-11-4-3-5-12-27)41-37(45)30-15-6-8-21-40-30/h6,8,10,13-15,18,20-21,23-24,27,31-32,36H,3-5,7,9,11-12,16-17,19,22,25H2,1-2H3,(H,41,45)(H,43,44)/t31-,32?,36?/m0/s1. The molecule has 51 heavy (non-hydrogen) atoms. The van der Waals surface area contributed by atoms with E-state index >= 15 is 0 Å². The normalized spacial score (nSPS) is 17.5. The van der Waals surface area contributed by atoms with Crippen molar-refractivity contribution in [2.24, 2.45) is 5.92 Å². The maximum atomic E-state index is 14.4. The number of aryl methyl sites for hydroxylation is 1. The number of carbonyl (C=O) groups is 4. The van der Waals surface area contributed by atoms with Crippen molar-refractivity contribution < 1.29 is 43.2 Å². The molecule has 1 aliphatic carbocycles. The van der Waals surface area contributed by atoms with E-state index in [1.807, 2.05) is 18.2 Å². The summed E-state index contributed by atoms with van der Waals surface area (Å²) in [6.45, 7) is -0.145. The van der Waals surface area contributed by atoms with Crippen molar-refractivity contribution in [1.29, 1.82) is 0 Å². The lowest BCUT2D eigenvalue weighted by atomic mass is 9.82. The average molecular weight is 702 g/mol. The molecule has 0 bridgehead atoms. The zero-order valence-corrected chi connectivity index (χ0v) is 29.3. The molecule has 3 atom stereocenters. The van der Waals surface area contributed by atoms with Crippen LogP contribution in [0, 0.1) is 5.92 Å². The Morgan fingerprint density at radius 1 is 0.902 bits per heavy atom. The van der Waals surface area contributed by atoms with Gasteiger partial charge in [0.15, 0.2) is 18.1 Å². The van der Waals surface area contributed by atoms with Gasteiger partial charge in [-0.05, 0) is 98.4 Å². The topological polar surface area (TPSA) is 154 Å². The highest BCUT2D eigenvalue weighted by Gasteiger charge is 2.41. The van der Waals surface area contributed by atoms with Crippen molar-refractivity contribution in [1.82, 2.24) is 15.2 Å². The van der Waals surface area contributed by atoms with E-state index in [4.69, 9.17) is 24.1 Å². The fourth-order valence-electron chi connectivity index (χ4n) is 6.98. The van der Waals surface area contributed by atoms with E-state index < -0.39 is 42.6 Å². The van der Waals surface area contributed by atoms with Gasteiger partial charge in [0.25, 0.3) is 5.91 Å². The van der Waals surface area contributed by atoms with Crippen molar-refractivity contribution >= 4 is 23.8 Å². The minimum Gasteiger partial charge on any atom is -0.493 e. The Morgan fingerprint density at radius 2 is 1.69 bits per heavy atom. The highest BCUT2D eigenvalue weighted by molar-refractivity contribution is 5.97. The Kier molecular flexibility index (Phi) is 13.3. The van der Waals surface area contributed by atoms with Crippen LogP contribution in [0.15, 0.2) is 66.9 Å². The third-order valence-corrected chi connectivity index (χ3v) is 9.62. The van der Waals surface area contributed by atoms with Gasteiger partial charge in [-0.1, -0.05) is 43.5 Å². The molecule has 0 spiro atoms. The first-order valence-electron chi connectivity index (χ1n) is 17.7. The van der Waals surface area contributed by atoms with E-state index in [0.29, 0.717) is 48.6 Å². The van der Waals surface area contributed by atoms with Gasteiger partial charge in [0, 0.05) is 12.7 Å². The van der Waals surface area contributed by atoms with E-state index in [1.165, 1.54) is 0 Å². The predicted octanol–water partition coefficient (Wildman–Crippen LogP) is 5.54. The number of hydrogen-bond donors (Lipinski definition) is 2. The van der Waals surface area contributed by atoms with Crippen molar-refractivity contribution in [3.63, 3.8) is 0 Å². The second-order valence-corrected chi connectivity index (χ2v) is 13.0. The molecule has 2 amide bonds. The number of ether oxygens (including phenoxy) is 4. The first kappa shape index (κ1) is 37.1. The molecular formula is C39H47N3O9. The van der Waals surface area contributed by atoms with Crippen LogP contribution in [0.2, 0.25) is 0 Å². The number of likely N-dealkylation sites (tertiary alicyclic amines) is 1. The Labute approximate surface area is 298 Å². The molecule has 5 rings (SSSR count). The summed E-state index contributed by atoms with van der Waals surface area (Å²) in [5.41, 5.74) is 1.79. The lowest BCUT2D eigenvalue weighted by Gasteiger charge is -2.39. The number of pyridine rings is 1. The summed E-state index contributed by atoms with van der Waals surface area (Å²) < 4.78 is 22.6.